The van der Waals surface area contributed by atoms with Gasteiger partial charge in [0.1, 0.15) is 0 Å². The van der Waals surface area contributed by atoms with Gasteiger partial charge in [-0.15, -0.1) is 0 Å². The summed E-state index contributed by atoms with van der Waals surface area (Å²) >= 11 is 6.15. The van der Waals surface area contributed by atoms with E-state index >= 15 is 0 Å². The lowest BCUT2D eigenvalue weighted by atomic mass is 9.99. The molecule has 0 radical (unpaired) electrons. The molecular formula is C18H16ClN. The van der Waals surface area contributed by atoms with Crippen molar-refractivity contribution in [3.8, 4) is 11.1 Å². The van der Waals surface area contributed by atoms with Gasteiger partial charge in [-0.3, -0.25) is 4.98 Å². The van der Waals surface area contributed by atoms with Gasteiger partial charge in [0.15, 0.2) is 0 Å². The second-order valence-electron chi connectivity index (χ2n) is 4.94. The van der Waals surface area contributed by atoms with Gasteiger partial charge < -0.3 is 0 Å². The van der Waals surface area contributed by atoms with Crippen molar-refractivity contribution in [2.45, 2.75) is 19.8 Å². The third kappa shape index (κ3) is 2.54. The smallest absolute Gasteiger partial charge is 0.0712 e. The Balaban J connectivity index is 2.29. The Morgan fingerprint density at radius 3 is 2.55 bits per heavy atom. The highest BCUT2D eigenvalue weighted by molar-refractivity contribution is 6.31. The summed E-state index contributed by atoms with van der Waals surface area (Å²) in [7, 11) is 0. The van der Waals surface area contributed by atoms with Crippen molar-refractivity contribution < 1.29 is 0 Å². The van der Waals surface area contributed by atoms with Crippen LogP contribution in [0.4, 0.5) is 0 Å². The van der Waals surface area contributed by atoms with Crippen molar-refractivity contribution in [1.29, 1.82) is 0 Å². The van der Waals surface area contributed by atoms with Crippen molar-refractivity contribution in [2.75, 3.05) is 0 Å². The van der Waals surface area contributed by atoms with E-state index < -0.39 is 0 Å². The second kappa shape index (κ2) is 5.64. The Bertz CT molecular complexity index is 735. The lowest BCUT2D eigenvalue weighted by Crippen LogP contribution is -1.93. The average molecular weight is 282 g/mol. The molecule has 1 aromatic heterocycles. The van der Waals surface area contributed by atoms with Crippen LogP contribution in [0.2, 0.25) is 5.02 Å². The predicted molar refractivity (Wildman–Crippen MR) is 86.2 cm³/mol. The van der Waals surface area contributed by atoms with Crippen LogP contribution in [-0.4, -0.2) is 4.98 Å². The fraction of sp³-hybridized carbons (Fsp3) is 0.167. The Kier molecular flexibility index (Phi) is 3.70. The third-order valence-corrected chi connectivity index (χ3v) is 3.65. The van der Waals surface area contributed by atoms with Gasteiger partial charge in [0.2, 0.25) is 0 Å². The van der Waals surface area contributed by atoms with Gasteiger partial charge in [0, 0.05) is 16.1 Å². The zero-order valence-corrected chi connectivity index (χ0v) is 12.2. The van der Waals surface area contributed by atoms with E-state index in [1.807, 2.05) is 24.3 Å². The fourth-order valence-corrected chi connectivity index (χ4v) is 2.67. The van der Waals surface area contributed by atoms with E-state index in [9.17, 15) is 0 Å². The molecule has 0 aliphatic carbocycles. The number of aryl methyl sites for hydroxylation is 1. The van der Waals surface area contributed by atoms with Crippen LogP contribution in [0.1, 0.15) is 19.0 Å². The molecule has 0 atom stereocenters. The van der Waals surface area contributed by atoms with E-state index in [0.29, 0.717) is 0 Å². The Morgan fingerprint density at radius 1 is 1.00 bits per heavy atom. The van der Waals surface area contributed by atoms with Crippen LogP contribution in [-0.2, 0) is 6.42 Å². The van der Waals surface area contributed by atoms with Crippen LogP contribution < -0.4 is 0 Å². The first-order valence-electron chi connectivity index (χ1n) is 6.92. The quantitative estimate of drug-likeness (QED) is 0.617. The maximum Gasteiger partial charge on any atom is 0.0712 e. The fourth-order valence-electron chi connectivity index (χ4n) is 2.49. The van der Waals surface area contributed by atoms with Gasteiger partial charge in [0.05, 0.1) is 5.52 Å². The van der Waals surface area contributed by atoms with E-state index in [4.69, 9.17) is 16.6 Å². The topological polar surface area (TPSA) is 12.9 Å². The predicted octanol–water partition coefficient (Wildman–Crippen LogP) is 5.51. The summed E-state index contributed by atoms with van der Waals surface area (Å²) in [6, 6.07) is 18.5. The summed E-state index contributed by atoms with van der Waals surface area (Å²) in [6.45, 7) is 2.18. The summed E-state index contributed by atoms with van der Waals surface area (Å²) in [4.78, 5) is 4.73. The minimum absolute atomic E-state index is 0.750. The number of nitrogens with zero attached hydrogens (tertiary/aromatic N) is 1. The van der Waals surface area contributed by atoms with E-state index in [1.54, 1.807) is 0 Å². The summed E-state index contributed by atoms with van der Waals surface area (Å²) in [6.07, 6.45) is 2.10. The standard InChI is InChI=1S/C18H16ClN/c1-2-6-15-12-16(13-7-4-3-5-8-13)17-11-14(19)9-10-18(17)20-15/h3-5,7-12H,2,6H2,1H3. The van der Waals surface area contributed by atoms with E-state index in [1.165, 1.54) is 11.1 Å². The molecule has 0 N–H and O–H groups in total. The molecule has 0 fully saturated rings. The Labute approximate surface area is 124 Å². The molecule has 1 heterocycles. The Morgan fingerprint density at radius 2 is 1.80 bits per heavy atom. The minimum atomic E-state index is 0.750. The normalized spacial score (nSPS) is 10.9. The maximum atomic E-state index is 6.15. The van der Waals surface area contributed by atoms with Crippen LogP contribution in [0.3, 0.4) is 0 Å². The molecule has 20 heavy (non-hydrogen) atoms. The van der Waals surface area contributed by atoms with Crippen LogP contribution in [0.5, 0.6) is 0 Å². The summed E-state index contributed by atoms with van der Waals surface area (Å²) in [5, 5.41) is 1.86. The van der Waals surface area contributed by atoms with Crippen molar-refractivity contribution >= 4 is 22.5 Å². The summed E-state index contributed by atoms with van der Waals surface area (Å²) in [5.41, 5.74) is 4.57. The third-order valence-electron chi connectivity index (χ3n) is 3.41. The van der Waals surface area contributed by atoms with Crippen LogP contribution in [0, 0.1) is 0 Å². The molecule has 2 heteroatoms. The first kappa shape index (κ1) is 13.1. The monoisotopic (exact) mass is 281 g/mol. The number of benzene rings is 2. The van der Waals surface area contributed by atoms with Crippen LogP contribution in [0.15, 0.2) is 54.6 Å². The minimum Gasteiger partial charge on any atom is -0.253 e. The largest absolute Gasteiger partial charge is 0.253 e. The molecule has 0 saturated heterocycles. The molecule has 0 amide bonds. The molecule has 0 aliphatic rings. The van der Waals surface area contributed by atoms with Crippen molar-refractivity contribution in [3.05, 3.63) is 65.3 Å². The van der Waals surface area contributed by atoms with Gasteiger partial charge in [-0.25, -0.2) is 0 Å². The van der Waals surface area contributed by atoms with Crippen LogP contribution >= 0.6 is 11.6 Å². The highest BCUT2D eigenvalue weighted by Crippen LogP contribution is 2.30. The second-order valence-corrected chi connectivity index (χ2v) is 5.38. The lowest BCUT2D eigenvalue weighted by molar-refractivity contribution is 0.890. The summed E-state index contributed by atoms with van der Waals surface area (Å²) in [5.74, 6) is 0. The van der Waals surface area contributed by atoms with E-state index in [0.717, 1.165) is 34.5 Å². The van der Waals surface area contributed by atoms with Gasteiger partial charge in [-0.2, -0.15) is 0 Å². The molecule has 0 aliphatic heterocycles. The number of rotatable bonds is 3. The molecule has 0 spiro atoms. The number of halogens is 1. The molecule has 0 bridgehead atoms. The first-order chi connectivity index (χ1) is 9.78. The lowest BCUT2D eigenvalue weighted by Gasteiger charge is -2.10. The summed E-state index contributed by atoms with van der Waals surface area (Å²) < 4.78 is 0. The molecule has 1 nitrogen and oxygen atoms in total. The van der Waals surface area contributed by atoms with Crippen molar-refractivity contribution in [1.82, 2.24) is 4.98 Å². The van der Waals surface area contributed by atoms with E-state index in [2.05, 4.69) is 37.3 Å². The van der Waals surface area contributed by atoms with Gasteiger partial charge in [-0.1, -0.05) is 55.3 Å². The molecular weight excluding hydrogens is 266 g/mol. The first-order valence-corrected chi connectivity index (χ1v) is 7.30. The molecule has 2 aromatic carbocycles. The van der Waals surface area contributed by atoms with Crippen molar-refractivity contribution in [3.63, 3.8) is 0 Å². The number of fused-ring (bicyclic) bond motifs is 1. The molecule has 3 aromatic rings. The molecule has 0 unspecified atom stereocenters. The SMILES string of the molecule is CCCc1cc(-c2ccccc2)c2cc(Cl)ccc2n1. The van der Waals surface area contributed by atoms with Gasteiger partial charge in [-0.05, 0) is 41.8 Å². The van der Waals surface area contributed by atoms with Crippen molar-refractivity contribution in [2.24, 2.45) is 0 Å². The molecule has 0 saturated carbocycles. The van der Waals surface area contributed by atoms with Crippen LogP contribution in [0.25, 0.3) is 22.0 Å². The number of hydrogen-bond acceptors (Lipinski definition) is 1. The number of hydrogen-bond donors (Lipinski definition) is 0. The average Bonchev–Trinajstić information content (AvgIpc) is 2.48. The highest BCUT2D eigenvalue weighted by atomic mass is 35.5. The highest BCUT2D eigenvalue weighted by Gasteiger charge is 2.08. The maximum absolute atomic E-state index is 6.15. The van der Waals surface area contributed by atoms with Gasteiger partial charge in [0.25, 0.3) is 0 Å². The zero-order valence-electron chi connectivity index (χ0n) is 11.4. The zero-order chi connectivity index (χ0) is 13.9. The number of pyridine rings is 1. The van der Waals surface area contributed by atoms with Gasteiger partial charge >= 0.3 is 0 Å². The number of aromatic nitrogens is 1. The molecule has 100 valence electrons. The molecule has 3 rings (SSSR count). The Hall–Kier alpha value is -1.86. The van der Waals surface area contributed by atoms with E-state index in [-0.39, 0.29) is 0 Å².